The van der Waals surface area contributed by atoms with Gasteiger partial charge in [0.1, 0.15) is 17.3 Å². The van der Waals surface area contributed by atoms with E-state index in [1.165, 1.54) is 19.1 Å². The molecule has 0 saturated heterocycles. The Bertz CT molecular complexity index is 907. The van der Waals surface area contributed by atoms with Crippen LogP contribution < -0.4 is 15.4 Å². The summed E-state index contributed by atoms with van der Waals surface area (Å²) in [5.41, 5.74) is 1.30. The number of rotatable bonds is 8. The van der Waals surface area contributed by atoms with Crippen LogP contribution in [0.3, 0.4) is 0 Å². The van der Waals surface area contributed by atoms with Gasteiger partial charge >= 0.3 is 12.3 Å². The number of halogens is 4. The number of carbonyl (C=O) groups excluding carboxylic acids is 2. The Balaban J connectivity index is 2.02. The van der Waals surface area contributed by atoms with Crippen LogP contribution in [0.1, 0.15) is 41.6 Å². The fraction of sp³-hybridized carbons (Fsp3) is 0.368. The van der Waals surface area contributed by atoms with Crippen molar-refractivity contribution in [1.82, 2.24) is 15.3 Å². The SMILES string of the molecule is CC(=O)Nc1cc(C(C)NC(=O)c2ccc(OCC(F)(F)C(F)F)cn2)cc(C)n1. The molecule has 0 bridgehead atoms. The van der Waals surface area contributed by atoms with Gasteiger partial charge in [-0.2, -0.15) is 8.78 Å². The number of aromatic nitrogens is 2. The van der Waals surface area contributed by atoms with Gasteiger partial charge in [0.15, 0.2) is 6.61 Å². The normalized spacial score (nSPS) is 12.4. The van der Waals surface area contributed by atoms with Gasteiger partial charge in [-0.15, -0.1) is 0 Å². The Kier molecular flexibility index (Phi) is 7.30. The molecule has 1 atom stereocenters. The molecule has 0 fully saturated rings. The molecule has 0 aliphatic rings. The fourth-order valence-electron chi connectivity index (χ4n) is 2.39. The van der Waals surface area contributed by atoms with Crippen molar-refractivity contribution in [3.05, 3.63) is 47.4 Å². The van der Waals surface area contributed by atoms with E-state index in [-0.39, 0.29) is 17.4 Å². The molecule has 7 nitrogen and oxygen atoms in total. The van der Waals surface area contributed by atoms with Crippen molar-refractivity contribution in [2.24, 2.45) is 0 Å². The molecule has 0 spiro atoms. The summed E-state index contributed by atoms with van der Waals surface area (Å²) in [5.74, 6) is -4.95. The highest BCUT2D eigenvalue weighted by molar-refractivity contribution is 5.92. The fourth-order valence-corrected chi connectivity index (χ4v) is 2.39. The van der Waals surface area contributed by atoms with E-state index in [0.29, 0.717) is 17.1 Å². The van der Waals surface area contributed by atoms with Gasteiger partial charge in [0.2, 0.25) is 5.91 Å². The van der Waals surface area contributed by atoms with Crippen LogP contribution in [0.4, 0.5) is 23.4 Å². The molecule has 2 aromatic rings. The van der Waals surface area contributed by atoms with E-state index < -0.39 is 30.9 Å². The predicted molar refractivity (Wildman–Crippen MR) is 99.8 cm³/mol. The highest BCUT2D eigenvalue weighted by Gasteiger charge is 2.41. The quantitative estimate of drug-likeness (QED) is 0.628. The number of pyridine rings is 2. The Hall–Kier alpha value is -3.24. The molecule has 30 heavy (non-hydrogen) atoms. The Morgan fingerprint density at radius 2 is 1.93 bits per heavy atom. The van der Waals surface area contributed by atoms with Gasteiger partial charge < -0.3 is 15.4 Å². The van der Waals surface area contributed by atoms with E-state index in [2.05, 4.69) is 25.3 Å². The molecule has 11 heteroatoms. The van der Waals surface area contributed by atoms with Crippen LogP contribution in [-0.4, -0.2) is 40.7 Å². The number of alkyl halides is 4. The Morgan fingerprint density at radius 3 is 2.50 bits per heavy atom. The maximum absolute atomic E-state index is 12.9. The average molecular weight is 428 g/mol. The minimum absolute atomic E-state index is 0.0253. The largest absolute Gasteiger partial charge is 0.485 e. The van der Waals surface area contributed by atoms with E-state index in [4.69, 9.17) is 0 Å². The lowest BCUT2D eigenvalue weighted by Crippen LogP contribution is -2.33. The van der Waals surface area contributed by atoms with Crippen molar-refractivity contribution >= 4 is 17.6 Å². The van der Waals surface area contributed by atoms with E-state index in [0.717, 1.165) is 6.20 Å². The maximum Gasteiger partial charge on any atom is 0.340 e. The molecule has 0 radical (unpaired) electrons. The zero-order chi connectivity index (χ0) is 22.5. The third-order valence-corrected chi connectivity index (χ3v) is 3.85. The molecule has 2 amide bonds. The second-order valence-electron chi connectivity index (χ2n) is 6.53. The first-order valence-corrected chi connectivity index (χ1v) is 8.80. The second kappa shape index (κ2) is 9.51. The third-order valence-electron chi connectivity index (χ3n) is 3.85. The summed E-state index contributed by atoms with van der Waals surface area (Å²) in [7, 11) is 0. The number of nitrogens with zero attached hydrogens (tertiary/aromatic N) is 2. The number of hydrogen-bond acceptors (Lipinski definition) is 5. The monoisotopic (exact) mass is 428 g/mol. The smallest absolute Gasteiger partial charge is 0.340 e. The van der Waals surface area contributed by atoms with Gasteiger partial charge in [0.05, 0.1) is 12.2 Å². The first kappa shape index (κ1) is 23.0. The number of amides is 2. The van der Waals surface area contributed by atoms with Gasteiger partial charge in [0.25, 0.3) is 5.91 Å². The summed E-state index contributed by atoms with van der Waals surface area (Å²) in [6.45, 7) is 3.30. The summed E-state index contributed by atoms with van der Waals surface area (Å²) in [6.07, 6.45) is -2.85. The van der Waals surface area contributed by atoms with Gasteiger partial charge in [-0.05, 0) is 43.7 Å². The Labute approximate surface area is 169 Å². The molecule has 2 aromatic heterocycles. The van der Waals surface area contributed by atoms with Crippen LogP contribution in [0.15, 0.2) is 30.5 Å². The molecule has 2 heterocycles. The van der Waals surface area contributed by atoms with Gasteiger partial charge in [-0.25, -0.2) is 18.7 Å². The summed E-state index contributed by atoms with van der Waals surface area (Å²) >= 11 is 0. The molecule has 0 aromatic carbocycles. The van der Waals surface area contributed by atoms with Gasteiger partial charge in [0, 0.05) is 12.6 Å². The molecule has 162 valence electrons. The van der Waals surface area contributed by atoms with E-state index >= 15 is 0 Å². The third kappa shape index (κ3) is 6.39. The average Bonchev–Trinajstić information content (AvgIpc) is 2.65. The molecule has 0 aliphatic carbocycles. The molecule has 0 aliphatic heterocycles. The van der Waals surface area contributed by atoms with Crippen molar-refractivity contribution < 1.29 is 31.9 Å². The predicted octanol–water partition coefficient (Wildman–Crippen LogP) is 3.51. The zero-order valence-electron chi connectivity index (χ0n) is 16.4. The lowest BCUT2D eigenvalue weighted by atomic mass is 10.1. The summed E-state index contributed by atoms with van der Waals surface area (Å²) in [4.78, 5) is 31.6. The highest BCUT2D eigenvalue weighted by atomic mass is 19.3. The lowest BCUT2D eigenvalue weighted by molar-refractivity contribution is -0.148. The number of aryl methyl sites for hydroxylation is 1. The van der Waals surface area contributed by atoms with Crippen molar-refractivity contribution in [3.63, 3.8) is 0 Å². The highest BCUT2D eigenvalue weighted by Crippen LogP contribution is 2.24. The van der Waals surface area contributed by atoms with Gasteiger partial charge in [-0.3, -0.25) is 9.59 Å². The minimum Gasteiger partial charge on any atom is -0.485 e. The van der Waals surface area contributed by atoms with Crippen LogP contribution in [0.5, 0.6) is 5.75 Å². The second-order valence-corrected chi connectivity index (χ2v) is 6.53. The molecular weight excluding hydrogens is 408 g/mol. The van der Waals surface area contributed by atoms with Crippen LogP contribution in [0, 0.1) is 6.92 Å². The summed E-state index contributed by atoms with van der Waals surface area (Å²) in [5, 5.41) is 5.28. The van der Waals surface area contributed by atoms with Crippen LogP contribution in [0.25, 0.3) is 0 Å². The molecule has 2 rings (SSSR count). The summed E-state index contributed by atoms with van der Waals surface area (Å²) in [6, 6.07) is 5.29. The Morgan fingerprint density at radius 1 is 1.23 bits per heavy atom. The molecule has 1 unspecified atom stereocenters. The number of ether oxygens (including phenoxy) is 1. The number of nitrogens with one attached hydrogen (secondary N) is 2. The molecule has 0 saturated carbocycles. The zero-order valence-corrected chi connectivity index (χ0v) is 16.4. The van der Waals surface area contributed by atoms with E-state index in [9.17, 15) is 27.2 Å². The number of hydrogen-bond donors (Lipinski definition) is 2. The molecular formula is C19H20F4N4O3. The van der Waals surface area contributed by atoms with E-state index in [1.807, 2.05) is 0 Å². The maximum atomic E-state index is 12.9. The first-order chi connectivity index (χ1) is 14.0. The minimum atomic E-state index is -4.29. The molecule has 2 N–H and O–H groups in total. The summed E-state index contributed by atoms with van der Waals surface area (Å²) < 4.78 is 54.6. The van der Waals surface area contributed by atoms with Crippen molar-refractivity contribution in [2.45, 2.75) is 39.2 Å². The number of anilines is 1. The van der Waals surface area contributed by atoms with Gasteiger partial charge in [-0.1, -0.05) is 0 Å². The van der Waals surface area contributed by atoms with Crippen LogP contribution >= 0.6 is 0 Å². The van der Waals surface area contributed by atoms with Crippen molar-refractivity contribution in [2.75, 3.05) is 11.9 Å². The van der Waals surface area contributed by atoms with Crippen molar-refractivity contribution in [3.8, 4) is 5.75 Å². The van der Waals surface area contributed by atoms with Crippen LogP contribution in [0.2, 0.25) is 0 Å². The number of carbonyl (C=O) groups is 2. The van der Waals surface area contributed by atoms with Crippen LogP contribution in [-0.2, 0) is 4.79 Å². The lowest BCUT2D eigenvalue weighted by Gasteiger charge is -2.17. The standard InChI is InChI=1S/C19H20F4N4O3/c1-10-6-13(7-16(25-10)27-12(3)28)11(2)26-17(29)15-5-4-14(8-24-15)30-9-19(22,23)18(20)21/h4-8,11,18H,9H2,1-3H3,(H,26,29)(H,25,27,28). The first-order valence-electron chi connectivity index (χ1n) is 8.80. The topological polar surface area (TPSA) is 93.2 Å². The van der Waals surface area contributed by atoms with Crippen molar-refractivity contribution in [1.29, 1.82) is 0 Å². The van der Waals surface area contributed by atoms with E-state index in [1.54, 1.807) is 26.0 Å².